The molecule has 1 aromatic rings. The minimum atomic E-state index is 0.689. The quantitative estimate of drug-likeness (QED) is 0.656. The Labute approximate surface area is 85.3 Å². The number of hydrogen-bond donors (Lipinski definition) is 0. The van der Waals surface area contributed by atoms with Gasteiger partial charge in [-0.2, -0.15) is 0 Å². The van der Waals surface area contributed by atoms with Gasteiger partial charge >= 0.3 is 0 Å². The smallest absolute Gasteiger partial charge is 0.0399 e. The van der Waals surface area contributed by atoms with Crippen LogP contribution >= 0.6 is 11.6 Å². The Morgan fingerprint density at radius 2 is 1.85 bits per heavy atom. The van der Waals surface area contributed by atoms with Crippen LogP contribution in [-0.4, -0.2) is 19.0 Å². The highest BCUT2D eigenvalue weighted by Gasteiger charge is 2.02. The van der Waals surface area contributed by atoms with Crippen LogP contribution in [0.15, 0.2) is 30.3 Å². The summed E-state index contributed by atoms with van der Waals surface area (Å²) in [5.74, 6) is 0.689. The van der Waals surface area contributed by atoms with Gasteiger partial charge in [-0.1, -0.05) is 25.1 Å². The van der Waals surface area contributed by atoms with Crippen LogP contribution in [0.3, 0.4) is 0 Å². The SMILES string of the molecule is CCCN(CCCl)c1ccccc1. The van der Waals surface area contributed by atoms with Crippen molar-refractivity contribution >= 4 is 17.3 Å². The van der Waals surface area contributed by atoms with E-state index in [1.54, 1.807) is 0 Å². The molecule has 0 saturated carbocycles. The molecule has 0 aliphatic rings. The van der Waals surface area contributed by atoms with Gasteiger partial charge in [0.15, 0.2) is 0 Å². The lowest BCUT2D eigenvalue weighted by molar-refractivity contribution is 0.794. The largest absolute Gasteiger partial charge is 0.370 e. The monoisotopic (exact) mass is 197 g/mol. The first-order valence-corrected chi connectivity index (χ1v) is 5.28. The van der Waals surface area contributed by atoms with Crippen molar-refractivity contribution in [2.45, 2.75) is 13.3 Å². The number of para-hydroxylation sites is 1. The number of nitrogens with zero attached hydrogens (tertiary/aromatic N) is 1. The van der Waals surface area contributed by atoms with Crippen molar-refractivity contribution in [1.29, 1.82) is 0 Å². The van der Waals surface area contributed by atoms with Crippen molar-refractivity contribution in [1.82, 2.24) is 0 Å². The molecule has 0 heterocycles. The second-order valence-electron chi connectivity index (χ2n) is 3.01. The van der Waals surface area contributed by atoms with Gasteiger partial charge in [0.1, 0.15) is 0 Å². The Morgan fingerprint density at radius 1 is 1.15 bits per heavy atom. The average molecular weight is 198 g/mol. The van der Waals surface area contributed by atoms with E-state index in [4.69, 9.17) is 11.6 Å². The third kappa shape index (κ3) is 3.27. The molecule has 13 heavy (non-hydrogen) atoms. The number of benzene rings is 1. The summed E-state index contributed by atoms with van der Waals surface area (Å²) in [5, 5.41) is 0. The molecule has 0 aliphatic carbocycles. The fourth-order valence-corrected chi connectivity index (χ4v) is 1.58. The Bertz CT molecular complexity index is 217. The molecule has 0 amide bonds. The van der Waals surface area contributed by atoms with Gasteiger partial charge in [0.25, 0.3) is 0 Å². The third-order valence-electron chi connectivity index (χ3n) is 1.97. The van der Waals surface area contributed by atoms with Crippen molar-refractivity contribution in [2.24, 2.45) is 0 Å². The second-order valence-corrected chi connectivity index (χ2v) is 3.39. The summed E-state index contributed by atoms with van der Waals surface area (Å²) in [6.07, 6.45) is 1.16. The molecule has 0 N–H and O–H groups in total. The maximum absolute atomic E-state index is 5.74. The van der Waals surface area contributed by atoms with E-state index in [2.05, 4.69) is 36.1 Å². The van der Waals surface area contributed by atoms with Crippen molar-refractivity contribution in [2.75, 3.05) is 23.9 Å². The first kappa shape index (κ1) is 10.4. The van der Waals surface area contributed by atoms with Crippen LogP contribution in [0, 0.1) is 0 Å². The molecule has 0 bridgehead atoms. The first-order chi connectivity index (χ1) is 6.38. The number of rotatable bonds is 5. The molecule has 0 aliphatic heterocycles. The van der Waals surface area contributed by atoms with Gasteiger partial charge in [0.05, 0.1) is 0 Å². The highest BCUT2D eigenvalue weighted by molar-refractivity contribution is 6.18. The molecule has 0 atom stereocenters. The zero-order chi connectivity index (χ0) is 9.52. The van der Waals surface area contributed by atoms with Crippen molar-refractivity contribution in [3.8, 4) is 0 Å². The molecular formula is C11H16ClN. The van der Waals surface area contributed by atoms with Gasteiger partial charge in [-0.15, -0.1) is 11.6 Å². The summed E-state index contributed by atoms with van der Waals surface area (Å²) in [7, 11) is 0. The fraction of sp³-hybridized carbons (Fsp3) is 0.455. The minimum Gasteiger partial charge on any atom is -0.370 e. The van der Waals surface area contributed by atoms with E-state index in [1.807, 2.05) is 6.07 Å². The molecule has 72 valence electrons. The highest BCUT2D eigenvalue weighted by atomic mass is 35.5. The Morgan fingerprint density at radius 3 is 2.38 bits per heavy atom. The van der Waals surface area contributed by atoms with E-state index >= 15 is 0 Å². The zero-order valence-corrected chi connectivity index (χ0v) is 8.80. The zero-order valence-electron chi connectivity index (χ0n) is 8.04. The summed E-state index contributed by atoms with van der Waals surface area (Å²) in [6.45, 7) is 4.19. The van der Waals surface area contributed by atoms with Crippen LogP contribution in [0.1, 0.15) is 13.3 Å². The van der Waals surface area contributed by atoms with E-state index in [0.29, 0.717) is 5.88 Å². The van der Waals surface area contributed by atoms with Gasteiger partial charge in [0, 0.05) is 24.7 Å². The predicted octanol–water partition coefficient (Wildman–Crippen LogP) is 3.14. The van der Waals surface area contributed by atoms with Gasteiger partial charge in [-0.3, -0.25) is 0 Å². The topological polar surface area (TPSA) is 3.24 Å². The maximum atomic E-state index is 5.74. The highest BCUT2D eigenvalue weighted by Crippen LogP contribution is 2.13. The lowest BCUT2D eigenvalue weighted by Gasteiger charge is -2.22. The van der Waals surface area contributed by atoms with Gasteiger partial charge < -0.3 is 4.90 Å². The maximum Gasteiger partial charge on any atom is 0.0399 e. The van der Waals surface area contributed by atoms with Crippen LogP contribution in [-0.2, 0) is 0 Å². The van der Waals surface area contributed by atoms with Crippen LogP contribution < -0.4 is 4.90 Å². The van der Waals surface area contributed by atoms with Crippen molar-refractivity contribution in [3.05, 3.63) is 30.3 Å². The average Bonchev–Trinajstić information content (AvgIpc) is 2.19. The van der Waals surface area contributed by atoms with Gasteiger partial charge in [-0.05, 0) is 18.6 Å². The predicted molar refractivity (Wildman–Crippen MR) is 59.7 cm³/mol. The first-order valence-electron chi connectivity index (χ1n) is 4.74. The third-order valence-corrected chi connectivity index (χ3v) is 2.14. The minimum absolute atomic E-state index is 0.689. The Hall–Kier alpha value is -0.690. The molecule has 1 aromatic carbocycles. The lowest BCUT2D eigenvalue weighted by Crippen LogP contribution is -2.25. The second kappa shape index (κ2) is 5.87. The summed E-state index contributed by atoms with van der Waals surface area (Å²) in [6, 6.07) is 10.4. The van der Waals surface area contributed by atoms with Crippen LogP contribution in [0.2, 0.25) is 0 Å². The normalized spacial score (nSPS) is 10.0. The van der Waals surface area contributed by atoms with Crippen molar-refractivity contribution < 1.29 is 0 Å². The van der Waals surface area contributed by atoms with Crippen LogP contribution in [0.5, 0.6) is 0 Å². The van der Waals surface area contributed by atoms with Crippen LogP contribution in [0.4, 0.5) is 5.69 Å². The number of anilines is 1. The molecule has 0 spiro atoms. The number of alkyl halides is 1. The molecule has 1 nitrogen and oxygen atoms in total. The lowest BCUT2D eigenvalue weighted by atomic mass is 10.3. The summed E-state index contributed by atoms with van der Waals surface area (Å²) in [4.78, 5) is 2.31. The van der Waals surface area contributed by atoms with Gasteiger partial charge in [-0.25, -0.2) is 0 Å². The number of halogens is 1. The summed E-state index contributed by atoms with van der Waals surface area (Å²) >= 11 is 5.74. The summed E-state index contributed by atoms with van der Waals surface area (Å²) in [5.41, 5.74) is 1.27. The molecule has 1 rings (SSSR count). The number of hydrogen-bond acceptors (Lipinski definition) is 1. The molecule has 2 heteroatoms. The molecule has 0 unspecified atom stereocenters. The molecule has 0 fully saturated rings. The fourth-order valence-electron chi connectivity index (χ4n) is 1.38. The van der Waals surface area contributed by atoms with E-state index in [1.165, 1.54) is 5.69 Å². The van der Waals surface area contributed by atoms with E-state index in [0.717, 1.165) is 19.5 Å². The standard InChI is InChI=1S/C11H16ClN/c1-2-9-13(10-8-12)11-6-4-3-5-7-11/h3-7H,2,8-10H2,1H3. The van der Waals surface area contributed by atoms with Crippen molar-refractivity contribution in [3.63, 3.8) is 0 Å². The molecule has 0 radical (unpaired) electrons. The van der Waals surface area contributed by atoms with E-state index < -0.39 is 0 Å². The summed E-state index contributed by atoms with van der Waals surface area (Å²) < 4.78 is 0. The molecule has 0 aromatic heterocycles. The van der Waals surface area contributed by atoms with E-state index in [9.17, 15) is 0 Å². The Kier molecular flexibility index (Phi) is 4.69. The van der Waals surface area contributed by atoms with E-state index in [-0.39, 0.29) is 0 Å². The van der Waals surface area contributed by atoms with Crippen LogP contribution in [0.25, 0.3) is 0 Å². The van der Waals surface area contributed by atoms with Gasteiger partial charge in [0.2, 0.25) is 0 Å². The molecular weight excluding hydrogens is 182 g/mol. The molecule has 0 saturated heterocycles. The Balaban J connectivity index is 2.64.